The lowest BCUT2D eigenvalue weighted by Crippen LogP contribution is -2.48. The molecule has 0 spiro atoms. The first kappa shape index (κ1) is 16.9. The van der Waals surface area contributed by atoms with Gasteiger partial charge in [0.1, 0.15) is 0 Å². The minimum Gasteiger partial charge on any atom is -0.355 e. The number of amides is 1. The Morgan fingerprint density at radius 3 is 2.79 bits per heavy atom. The van der Waals surface area contributed by atoms with E-state index in [1.807, 2.05) is 0 Å². The first-order valence-corrected chi connectivity index (χ1v) is 7.44. The van der Waals surface area contributed by atoms with Gasteiger partial charge >= 0.3 is 0 Å². The lowest BCUT2D eigenvalue weighted by molar-refractivity contribution is -0.118. The molecule has 0 radical (unpaired) electrons. The summed E-state index contributed by atoms with van der Waals surface area (Å²) in [5.74, 6) is 0.969. The number of carbonyl (C=O) groups excluding carboxylic acids is 1. The molecule has 7 heteroatoms. The molecular weight excluding hydrogens is 327 g/mol. The van der Waals surface area contributed by atoms with Crippen molar-refractivity contribution in [2.75, 3.05) is 25.4 Å². The summed E-state index contributed by atoms with van der Waals surface area (Å²) in [4.78, 5) is 12.5. The molecule has 2 rings (SSSR count). The fraction of sp³-hybridized carbons (Fsp3) is 0.417. The summed E-state index contributed by atoms with van der Waals surface area (Å²) >= 11 is 13.3. The molecule has 1 aliphatic heterocycles. The van der Waals surface area contributed by atoms with Crippen molar-refractivity contribution in [3.63, 3.8) is 0 Å². The SMILES string of the molecule is Cl.O=C(CSc1cc(Cl)ccc1Cl)NCC1CNC1. The maximum atomic E-state index is 11.6. The number of rotatable bonds is 5. The number of benzene rings is 1. The van der Waals surface area contributed by atoms with Gasteiger partial charge in [-0.2, -0.15) is 0 Å². The number of halogens is 3. The predicted octanol–water partition coefficient (Wildman–Crippen LogP) is 2.84. The zero-order valence-corrected chi connectivity index (χ0v) is 13.3. The first-order valence-electron chi connectivity index (χ1n) is 5.70. The van der Waals surface area contributed by atoms with Gasteiger partial charge in [0, 0.05) is 35.5 Å². The van der Waals surface area contributed by atoms with E-state index in [0.717, 1.165) is 24.5 Å². The number of hydrogen-bond donors (Lipinski definition) is 2. The van der Waals surface area contributed by atoms with E-state index in [0.29, 0.717) is 21.7 Å². The van der Waals surface area contributed by atoms with Crippen LogP contribution in [-0.2, 0) is 4.79 Å². The molecule has 3 nitrogen and oxygen atoms in total. The standard InChI is InChI=1S/C12H14Cl2N2OS.ClH/c13-9-1-2-10(14)11(3-9)18-7-12(17)16-6-8-4-15-5-8;/h1-3,8,15H,4-7H2,(H,16,17);1H. The van der Waals surface area contributed by atoms with Crippen LogP contribution in [0.25, 0.3) is 0 Å². The fourth-order valence-electron chi connectivity index (χ4n) is 1.53. The smallest absolute Gasteiger partial charge is 0.230 e. The molecule has 1 amide bonds. The highest BCUT2D eigenvalue weighted by atomic mass is 35.5. The number of thioether (sulfide) groups is 1. The quantitative estimate of drug-likeness (QED) is 0.809. The molecule has 0 unspecified atom stereocenters. The predicted molar refractivity (Wildman–Crippen MR) is 83.8 cm³/mol. The molecule has 106 valence electrons. The van der Waals surface area contributed by atoms with Crippen molar-refractivity contribution in [1.29, 1.82) is 0 Å². The highest BCUT2D eigenvalue weighted by molar-refractivity contribution is 8.00. The van der Waals surface area contributed by atoms with E-state index in [9.17, 15) is 4.79 Å². The number of carbonyl (C=O) groups is 1. The molecule has 0 aromatic heterocycles. The monoisotopic (exact) mass is 340 g/mol. The second-order valence-corrected chi connectivity index (χ2v) is 6.05. The van der Waals surface area contributed by atoms with Gasteiger partial charge in [-0.05, 0) is 18.2 Å². The highest BCUT2D eigenvalue weighted by Crippen LogP contribution is 2.29. The number of hydrogen-bond acceptors (Lipinski definition) is 3. The van der Waals surface area contributed by atoms with E-state index in [4.69, 9.17) is 23.2 Å². The molecule has 1 aromatic carbocycles. The first-order chi connectivity index (χ1) is 8.65. The van der Waals surface area contributed by atoms with E-state index >= 15 is 0 Å². The summed E-state index contributed by atoms with van der Waals surface area (Å²) in [6.45, 7) is 2.73. The van der Waals surface area contributed by atoms with Gasteiger partial charge in [-0.1, -0.05) is 23.2 Å². The molecule has 1 saturated heterocycles. The van der Waals surface area contributed by atoms with Crippen LogP contribution in [0.4, 0.5) is 0 Å². The van der Waals surface area contributed by atoms with Crippen LogP contribution >= 0.6 is 47.4 Å². The van der Waals surface area contributed by atoms with E-state index in [2.05, 4.69) is 10.6 Å². The Hall–Kier alpha value is -0.130. The van der Waals surface area contributed by atoms with E-state index in [1.165, 1.54) is 11.8 Å². The maximum absolute atomic E-state index is 11.6. The third-order valence-electron chi connectivity index (χ3n) is 2.71. The van der Waals surface area contributed by atoms with Gasteiger partial charge in [-0.15, -0.1) is 24.2 Å². The van der Waals surface area contributed by atoms with Gasteiger partial charge in [0.05, 0.1) is 10.8 Å². The van der Waals surface area contributed by atoms with Crippen LogP contribution in [0.3, 0.4) is 0 Å². The van der Waals surface area contributed by atoms with Crippen LogP contribution in [0, 0.1) is 5.92 Å². The molecule has 1 aliphatic rings. The normalized spacial score (nSPS) is 14.4. The van der Waals surface area contributed by atoms with Crippen LogP contribution in [0.5, 0.6) is 0 Å². The summed E-state index contributed by atoms with van der Waals surface area (Å²) in [5.41, 5.74) is 0. The third kappa shape index (κ3) is 5.40. The fourth-order valence-corrected chi connectivity index (χ4v) is 2.86. The Morgan fingerprint density at radius 2 is 2.16 bits per heavy atom. The van der Waals surface area contributed by atoms with Crippen LogP contribution in [0.1, 0.15) is 0 Å². The van der Waals surface area contributed by atoms with Gasteiger partial charge < -0.3 is 10.6 Å². The van der Waals surface area contributed by atoms with Gasteiger partial charge in [0.25, 0.3) is 0 Å². The molecule has 19 heavy (non-hydrogen) atoms. The van der Waals surface area contributed by atoms with Crippen LogP contribution in [0.15, 0.2) is 23.1 Å². The van der Waals surface area contributed by atoms with E-state index < -0.39 is 0 Å². The molecular formula is C12H15Cl3N2OS. The van der Waals surface area contributed by atoms with Crippen molar-refractivity contribution >= 4 is 53.3 Å². The van der Waals surface area contributed by atoms with Gasteiger partial charge in [0.2, 0.25) is 5.91 Å². The molecule has 0 atom stereocenters. The van der Waals surface area contributed by atoms with Gasteiger partial charge in [-0.3, -0.25) is 4.79 Å². The largest absolute Gasteiger partial charge is 0.355 e. The summed E-state index contributed by atoms with van der Waals surface area (Å²) in [6, 6.07) is 5.25. The molecule has 1 fully saturated rings. The second kappa shape index (κ2) is 8.22. The van der Waals surface area contributed by atoms with Crippen molar-refractivity contribution in [2.24, 2.45) is 5.92 Å². The summed E-state index contributed by atoms with van der Waals surface area (Å²) in [7, 11) is 0. The minimum atomic E-state index is 0. The van der Waals surface area contributed by atoms with Crippen LogP contribution in [0.2, 0.25) is 10.0 Å². The Kier molecular flexibility index (Phi) is 7.32. The van der Waals surface area contributed by atoms with E-state index in [1.54, 1.807) is 18.2 Å². The van der Waals surface area contributed by atoms with Crippen LogP contribution < -0.4 is 10.6 Å². The summed E-state index contributed by atoms with van der Waals surface area (Å²) < 4.78 is 0. The zero-order chi connectivity index (χ0) is 13.0. The van der Waals surface area contributed by atoms with Gasteiger partial charge in [-0.25, -0.2) is 0 Å². The van der Waals surface area contributed by atoms with E-state index in [-0.39, 0.29) is 18.3 Å². The second-order valence-electron chi connectivity index (χ2n) is 4.19. The Balaban J connectivity index is 0.00000180. The molecule has 1 aromatic rings. The average Bonchev–Trinajstić information content (AvgIpc) is 2.28. The molecule has 1 heterocycles. The van der Waals surface area contributed by atoms with Crippen molar-refractivity contribution in [3.05, 3.63) is 28.2 Å². The van der Waals surface area contributed by atoms with Crippen molar-refractivity contribution in [1.82, 2.24) is 10.6 Å². The Labute approximate surface area is 133 Å². The van der Waals surface area contributed by atoms with Crippen molar-refractivity contribution in [3.8, 4) is 0 Å². The van der Waals surface area contributed by atoms with Gasteiger partial charge in [0.15, 0.2) is 0 Å². The third-order valence-corrected chi connectivity index (χ3v) is 4.44. The molecule has 0 bridgehead atoms. The molecule has 0 saturated carbocycles. The van der Waals surface area contributed by atoms with Crippen molar-refractivity contribution in [2.45, 2.75) is 4.90 Å². The lowest BCUT2D eigenvalue weighted by Gasteiger charge is -2.27. The highest BCUT2D eigenvalue weighted by Gasteiger charge is 2.17. The van der Waals surface area contributed by atoms with Crippen LogP contribution in [-0.4, -0.2) is 31.3 Å². The average molecular weight is 342 g/mol. The lowest BCUT2D eigenvalue weighted by atomic mass is 10.0. The molecule has 0 aliphatic carbocycles. The maximum Gasteiger partial charge on any atom is 0.230 e. The molecule has 2 N–H and O–H groups in total. The zero-order valence-electron chi connectivity index (χ0n) is 10.1. The van der Waals surface area contributed by atoms with Crippen molar-refractivity contribution < 1.29 is 4.79 Å². The summed E-state index contributed by atoms with van der Waals surface area (Å²) in [6.07, 6.45) is 0. The Morgan fingerprint density at radius 1 is 1.42 bits per heavy atom. The number of nitrogens with one attached hydrogen (secondary N) is 2. The Bertz CT molecular complexity index is 441. The minimum absolute atomic E-state index is 0. The summed E-state index contributed by atoms with van der Waals surface area (Å²) in [5, 5.41) is 7.33. The topological polar surface area (TPSA) is 41.1 Å².